The molecule has 0 unspecified atom stereocenters. The maximum Gasteiger partial charge on any atom is 0.253 e. The summed E-state index contributed by atoms with van der Waals surface area (Å²) in [6, 6.07) is 13.6. The van der Waals surface area contributed by atoms with E-state index in [1.165, 1.54) is 12.1 Å². The minimum Gasteiger partial charge on any atom is -0.496 e. The summed E-state index contributed by atoms with van der Waals surface area (Å²) >= 11 is 1.57. The van der Waals surface area contributed by atoms with Crippen molar-refractivity contribution in [2.75, 3.05) is 20.2 Å². The molecule has 7 heteroatoms. The standard InChI is InChI=1S/C21H20FN3O2S/c1-27-18-8-3-2-7-17(18)20-24-23-19(28-20)14-9-11-25(12-10-14)21(26)15-5-4-6-16(22)13-15/h2-8,13-14H,9-12H2,1H3. The lowest BCUT2D eigenvalue weighted by molar-refractivity contribution is 0.0712. The molecular formula is C21H20FN3O2S. The normalized spacial score (nSPS) is 14.9. The fourth-order valence-electron chi connectivity index (χ4n) is 3.46. The van der Waals surface area contributed by atoms with Crippen LogP contribution in [-0.2, 0) is 0 Å². The molecule has 1 aromatic heterocycles. The largest absolute Gasteiger partial charge is 0.496 e. The highest BCUT2D eigenvalue weighted by Crippen LogP contribution is 2.36. The van der Waals surface area contributed by atoms with Gasteiger partial charge in [0.15, 0.2) is 5.01 Å². The maximum absolute atomic E-state index is 13.4. The number of carbonyl (C=O) groups excluding carboxylic acids is 1. The van der Waals surface area contributed by atoms with Gasteiger partial charge in [0, 0.05) is 24.6 Å². The van der Waals surface area contributed by atoms with Gasteiger partial charge in [0.2, 0.25) is 0 Å². The quantitative estimate of drug-likeness (QED) is 0.656. The number of carbonyl (C=O) groups is 1. The number of halogens is 1. The van der Waals surface area contributed by atoms with E-state index >= 15 is 0 Å². The lowest BCUT2D eigenvalue weighted by Crippen LogP contribution is -2.37. The number of methoxy groups -OCH3 is 1. The average Bonchev–Trinajstić information content (AvgIpc) is 3.23. The van der Waals surface area contributed by atoms with Crippen LogP contribution in [0.15, 0.2) is 48.5 Å². The number of ether oxygens (including phenoxy) is 1. The van der Waals surface area contributed by atoms with Crippen LogP contribution in [0.2, 0.25) is 0 Å². The second-order valence-corrected chi connectivity index (χ2v) is 7.73. The van der Waals surface area contributed by atoms with Gasteiger partial charge in [-0.25, -0.2) is 4.39 Å². The Bertz CT molecular complexity index is 983. The summed E-state index contributed by atoms with van der Waals surface area (Å²) in [6.45, 7) is 1.26. The first-order valence-electron chi connectivity index (χ1n) is 9.17. The van der Waals surface area contributed by atoms with Gasteiger partial charge in [-0.2, -0.15) is 0 Å². The van der Waals surface area contributed by atoms with E-state index in [0.717, 1.165) is 34.2 Å². The van der Waals surface area contributed by atoms with Crippen molar-refractivity contribution >= 4 is 17.2 Å². The molecule has 2 heterocycles. The van der Waals surface area contributed by atoms with Gasteiger partial charge < -0.3 is 9.64 Å². The zero-order valence-corrected chi connectivity index (χ0v) is 16.3. The molecule has 144 valence electrons. The van der Waals surface area contributed by atoms with Crippen LogP contribution in [0.3, 0.4) is 0 Å². The summed E-state index contributed by atoms with van der Waals surface area (Å²) < 4.78 is 18.8. The molecule has 0 aliphatic carbocycles. The van der Waals surface area contributed by atoms with E-state index in [-0.39, 0.29) is 11.8 Å². The van der Waals surface area contributed by atoms with E-state index in [9.17, 15) is 9.18 Å². The predicted molar refractivity (Wildman–Crippen MR) is 106 cm³/mol. The molecule has 1 aliphatic heterocycles. The predicted octanol–water partition coefficient (Wildman–Crippen LogP) is 4.37. The Labute approximate surface area is 166 Å². The summed E-state index contributed by atoms with van der Waals surface area (Å²) in [6.07, 6.45) is 1.64. The Hall–Kier alpha value is -2.80. The van der Waals surface area contributed by atoms with Crippen LogP contribution < -0.4 is 4.74 Å². The summed E-state index contributed by atoms with van der Waals surface area (Å²) in [7, 11) is 1.64. The molecule has 1 fully saturated rings. The first kappa shape index (κ1) is 18.6. The van der Waals surface area contributed by atoms with Gasteiger partial charge in [0.25, 0.3) is 5.91 Å². The van der Waals surface area contributed by atoms with Crippen molar-refractivity contribution < 1.29 is 13.9 Å². The second-order valence-electron chi connectivity index (χ2n) is 6.72. The van der Waals surface area contributed by atoms with E-state index in [1.807, 2.05) is 24.3 Å². The molecule has 4 rings (SSSR count). The number of nitrogens with zero attached hydrogens (tertiary/aromatic N) is 3. The van der Waals surface area contributed by atoms with Crippen LogP contribution in [0.4, 0.5) is 4.39 Å². The second kappa shape index (κ2) is 8.06. The number of benzene rings is 2. The van der Waals surface area contributed by atoms with Gasteiger partial charge in [-0.05, 0) is 43.2 Å². The Kier molecular flexibility index (Phi) is 5.34. The Morgan fingerprint density at radius 1 is 1.14 bits per heavy atom. The van der Waals surface area contributed by atoms with Crippen LogP contribution in [-0.4, -0.2) is 41.2 Å². The third kappa shape index (κ3) is 3.75. The monoisotopic (exact) mass is 397 g/mol. The van der Waals surface area contributed by atoms with Crippen LogP contribution >= 0.6 is 11.3 Å². The van der Waals surface area contributed by atoms with E-state index in [0.29, 0.717) is 18.7 Å². The Morgan fingerprint density at radius 3 is 2.68 bits per heavy atom. The molecule has 1 aliphatic rings. The lowest BCUT2D eigenvalue weighted by atomic mass is 9.97. The molecule has 0 radical (unpaired) electrons. The van der Waals surface area contributed by atoms with Crippen molar-refractivity contribution in [1.29, 1.82) is 0 Å². The third-order valence-corrected chi connectivity index (χ3v) is 6.10. The van der Waals surface area contributed by atoms with Crippen molar-refractivity contribution in [2.24, 2.45) is 0 Å². The summed E-state index contributed by atoms with van der Waals surface area (Å²) in [5.41, 5.74) is 1.33. The molecule has 0 bridgehead atoms. The Balaban J connectivity index is 1.43. The summed E-state index contributed by atoms with van der Waals surface area (Å²) in [4.78, 5) is 14.4. The van der Waals surface area contributed by atoms with Gasteiger partial charge in [-0.15, -0.1) is 10.2 Å². The average molecular weight is 397 g/mol. The van der Waals surface area contributed by atoms with Gasteiger partial charge in [0.1, 0.15) is 16.6 Å². The molecule has 0 atom stereocenters. The fourth-order valence-corrected chi connectivity index (χ4v) is 4.51. The van der Waals surface area contributed by atoms with Crippen molar-refractivity contribution in [3.8, 4) is 16.3 Å². The first-order valence-corrected chi connectivity index (χ1v) is 9.99. The van der Waals surface area contributed by atoms with Crippen LogP contribution in [0.5, 0.6) is 5.75 Å². The van der Waals surface area contributed by atoms with Gasteiger partial charge in [-0.1, -0.05) is 29.5 Å². The molecular weight excluding hydrogens is 377 g/mol. The third-order valence-electron chi connectivity index (χ3n) is 4.98. The number of hydrogen-bond donors (Lipinski definition) is 0. The maximum atomic E-state index is 13.4. The van der Waals surface area contributed by atoms with E-state index < -0.39 is 5.82 Å². The lowest BCUT2D eigenvalue weighted by Gasteiger charge is -2.31. The molecule has 0 spiro atoms. The van der Waals surface area contributed by atoms with Crippen LogP contribution in [0.1, 0.15) is 34.1 Å². The zero-order chi connectivity index (χ0) is 19.5. The van der Waals surface area contributed by atoms with Crippen molar-refractivity contribution in [3.63, 3.8) is 0 Å². The Morgan fingerprint density at radius 2 is 1.93 bits per heavy atom. The minimum absolute atomic E-state index is 0.120. The van der Waals surface area contributed by atoms with E-state index in [4.69, 9.17) is 4.74 Å². The van der Waals surface area contributed by atoms with Gasteiger partial charge in [0.05, 0.1) is 12.7 Å². The zero-order valence-electron chi connectivity index (χ0n) is 15.5. The van der Waals surface area contributed by atoms with Crippen LogP contribution in [0, 0.1) is 5.82 Å². The summed E-state index contributed by atoms with van der Waals surface area (Å²) in [5, 5.41) is 10.6. The van der Waals surface area contributed by atoms with Crippen molar-refractivity contribution in [1.82, 2.24) is 15.1 Å². The SMILES string of the molecule is COc1ccccc1-c1nnc(C2CCN(C(=O)c3cccc(F)c3)CC2)s1. The number of likely N-dealkylation sites (tertiary alicyclic amines) is 1. The molecule has 28 heavy (non-hydrogen) atoms. The van der Waals surface area contributed by atoms with Gasteiger partial charge in [-0.3, -0.25) is 4.79 Å². The molecule has 3 aromatic rings. The topological polar surface area (TPSA) is 55.3 Å². The van der Waals surface area contributed by atoms with E-state index in [2.05, 4.69) is 10.2 Å². The fraction of sp³-hybridized carbons (Fsp3) is 0.286. The number of aromatic nitrogens is 2. The number of amides is 1. The number of para-hydroxylation sites is 1. The molecule has 0 N–H and O–H groups in total. The van der Waals surface area contributed by atoms with Crippen molar-refractivity contribution in [2.45, 2.75) is 18.8 Å². The highest BCUT2D eigenvalue weighted by Gasteiger charge is 2.27. The number of piperidine rings is 1. The molecule has 1 amide bonds. The highest BCUT2D eigenvalue weighted by atomic mass is 32.1. The van der Waals surface area contributed by atoms with Gasteiger partial charge >= 0.3 is 0 Å². The molecule has 5 nitrogen and oxygen atoms in total. The highest BCUT2D eigenvalue weighted by molar-refractivity contribution is 7.14. The van der Waals surface area contributed by atoms with Crippen molar-refractivity contribution in [3.05, 3.63) is 64.9 Å². The number of rotatable bonds is 4. The summed E-state index contributed by atoms with van der Waals surface area (Å²) in [5.74, 6) is 0.543. The molecule has 1 saturated heterocycles. The first-order chi connectivity index (χ1) is 13.7. The molecule has 0 saturated carbocycles. The number of hydrogen-bond acceptors (Lipinski definition) is 5. The van der Waals surface area contributed by atoms with Crippen LogP contribution in [0.25, 0.3) is 10.6 Å². The minimum atomic E-state index is -0.390. The van der Waals surface area contributed by atoms with E-state index in [1.54, 1.807) is 35.5 Å². The molecule has 2 aromatic carbocycles. The smallest absolute Gasteiger partial charge is 0.253 e.